The monoisotopic (exact) mass is 266 g/mol. The van der Waals surface area contributed by atoms with E-state index in [1.807, 2.05) is 0 Å². The number of nitrogens with zero attached hydrogens (tertiary/aromatic N) is 1. The number of nitrogens with one attached hydrogen (secondary N) is 1. The third-order valence-corrected chi connectivity index (χ3v) is 5.16. The van der Waals surface area contributed by atoms with Crippen molar-refractivity contribution in [2.45, 2.75) is 64.1 Å². The molecule has 3 atom stereocenters. The van der Waals surface area contributed by atoms with E-state index < -0.39 is 0 Å². The predicted octanol–water partition coefficient (Wildman–Crippen LogP) is 2.26. The van der Waals surface area contributed by atoms with Crippen LogP contribution in [0.2, 0.25) is 0 Å². The Hall–Kier alpha value is -0.120. The molecule has 3 nitrogen and oxygen atoms in total. The van der Waals surface area contributed by atoms with Crippen molar-refractivity contribution < 1.29 is 4.74 Å². The van der Waals surface area contributed by atoms with E-state index in [2.05, 4.69) is 24.1 Å². The predicted molar refractivity (Wildman–Crippen MR) is 78.3 cm³/mol. The molecule has 3 heteroatoms. The van der Waals surface area contributed by atoms with E-state index in [1.54, 1.807) is 0 Å². The Morgan fingerprint density at radius 2 is 2.05 bits per heavy atom. The van der Waals surface area contributed by atoms with Crippen LogP contribution in [0.25, 0.3) is 0 Å². The van der Waals surface area contributed by atoms with Gasteiger partial charge in [-0.3, -0.25) is 4.90 Å². The largest absolute Gasteiger partial charge is 0.377 e. The highest BCUT2D eigenvalue weighted by atomic mass is 16.5. The van der Waals surface area contributed by atoms with Crippen LogP contribution in [0.1, 0.15) is 46.0 Å². The molecule has 0 bridgehead atoms. The van der Waals surface area contributed by atoms with Gasteiger partial charge in [0.1, 0.15) is 0 Å². The van der Waals surface area contributed by atoms with Gasteiger partial charge in [0.05, 0.1) is 6.10 Å². The summed E-state index contributed by atoms with van der Waals surface area (Å²) >= 11 is 0. The van der Waals surface area contributed by atoms with Crippen molar-refractivity contribution in [3.05, 3.63) is 0 Å². The highest BCUT2D eigenvalue weighted by molar-refractivity contribution is 4.95. The van der Waals surface area contributed by atoms with Gasteiger partial charge in [0.15, 0.2) is 0 Å². The van der Waals surface area contributed by atoms with E-state index in [0.29, 0.717) is 12.1 Å². The lowest BCUT2D eigenvalue weighted by molar-refractivity contribution is -0.0278. The molecular weight excluding hydrogens is 236 g/mol. The first-order chi connectivity index (χ1) is 9.24. The number of rotatable bonds is 4. The lowest BCUT2D eigenvalue weighted by atomic mass is 9.96. The zero-order valence-corrected chi connectivity index (χ0v) is 12.6. The van der Waals surface area contributed by atoms with Crippen LogP contribution in [0.4, 0.5) is 0 Å². The van der Waals surface area contributed by atoms with Gasteiger partial charge in [-0.2, -0.15) is 0 Å². The van der Waals surface area contributed by atoms with Crippen molar-refractivity contribution in [1.29, 1.82) is 0 Å². The van der Waals surface area contributed by atoms with Gasteiger partial charge >= 0.3 is 0 Å². The molecule has 2 aliphatic heterocycles. The average molecular weight is 266 g/mol. The number of ether oxygens (including phenoxy) is 1. The van der Waals surface area contributed by atoms with Crippen LogP contribution in [-0.2, 0) is 4.74 Å². The fourth-order valence-electron chi connectivity index (χ4n) is 3.75. The van der Waals surface area contributed by atoms with Crippen molar-refractivity contribution >= 4 is 0 Å². The number of piperazine rings is 1. The van der Waals surface area contributed by atoms with E-state index >= 15 is 0 Å². The van der Waals surface area contributed by atoms with E-state index in [9.17, 15) is 0 Å². The second-order valence-corrected chi connectivity index (χ2v) is 7.11. The molecule has 1 N–H and O–H groups in total. The first kappa shape index (κ1) is 13.8. The summed E-state index contributed by atoms with van der Waals surface area (Å²) in [5, 5.41) is 3.80. The van der Waals surface area contributed by atoms with Gasteiger partial charge in [-0.1, -0.05) is 13.8 Å². The Balaban J connectivity index is 1.58. The standard InChI is InChI=1S/C16H30N2O/c1-12(2)16-9-17-15(13-6-7-13)11-18(16)10-14-5-3-4-8-19-14/h12-17H,3-11H2,1-2H3. The maximum absolute atomic E-state index is 5.96. The molecule has 3 fully saturated rings. The molecule has 0 radical (unpaired) electrons. The highest BCUT2D eigenvalue weighted by Gasteiger charge is 2.38. The molecule has 1 saturated carbocycles. The molecule has 3 unspecified atom stereocenters. The maximum atomic E-state index is 5.96. The van der Waals surface area contributed by atoms with Crippen molar-refractivity contribution in [1.82, 2.24) is 10.2 Å². The van der Waals surface area contributed by atoms with Crippen LogP contribution < -0.4 is 5.32 Å². The fraction of sp³-hybridized carbons (Fsp3) is 1.00. The highest BCUT2D eigenvalue weighted by Crippen LogP contribution is 2.35. The van der Waals surface area contributed by atoms with Crippen LogP contribution in [0.15, 0.2) is 0 Å². The smallest absolute Gasteiger partial charge is 0.0702 e. The topological polar surface area (TPSA) is 24.5 Å². The van der Waals surface area contributed by atoms with E-state index in [4.69, 9.17) is 4.74 Å². The second-order valence-electron chi connectivity index (χ2n) is 7.11. The minimum atomic E-state index is 0.493. The maximum Gasteiger partial charge on any atom is 0.0702 e. The Labute approximate surface area is 118 Å². The Bertz CT molecular complexity index is 284. The lowest BCUT2D eigenvalue weighted by Gasteiger charge is -2.44. The molecule has 0 aromatic heterocycles. The van der Waals surface area contributed by atoms with Crippen molar-refractivity contribution in [3.63, 3.8) is 0 Å². The minimum Gasteiger partial charge on any atom is -0.377 e. The zero-order chi connectivity index (χ0) is 13.2. The van der Waals surface area contributed by atoms with Gasteiger partial charge in [-0.25, -0.2) is 0 Å². The zero-order valence-electron chi connectivity index (χ0n) is 12.6. The normalized spacial score (nSPS) is 37.7. The minimum absolute atomic E-state index is 0.493. The van der Waals surface area contributed by atoms with Crippen LogP contribution in [0.5, 0.6) is 0 Å². The summed E-state index contributed by atoms with van der Waals surface area (Å²) in [4.78, 5) is 2.74. The molecule has 3 aliphatic rings. The number of hydrogen-bond acceptors (Lipinski definition) is 3. The third-order valence-electron chi connectivity index (χ3n) is 5.16. The first-order valence-electron chi connectivity index (χ1n) is 8.33. The van der Waals surface area contributed by atoms with E-state index in [-0.39, 0.29) is 0 Å². The summed E-state index contributed by atoms with van der Waals surface area (Å²) in [5.74, 6) is 1.69. The van der Waals surface area contributed by atoms with Crippen LogP contribution in [-0.4, -0.2) is 49.3 Å². The van der Waals surface area contributed by atoms with Gasteiger partial charge in [0, 0.05) is 38.3 Å². The van der Waals surface area contributed by atoms with Gasteiger partial charge in [-0.05, 0) is 43.9 Å². The molecular formula is C16H30N2O. The Morgan fingerprint density at radius 3 is 2.68 bits per heavy atom. The third kappa shape index (κ3) is 3.50. The van der Waals surface area contributed by atoms with Crippen LogP contribution in [0.3, 0.4) is 0 Å². The van der Waals surface area contributed by atoms with Gasteiger partial charge < -0.3 is 10.1 Å². The summed E-state index contributed by atoms with van der Waals surface area (Å²) < 4.78 is 5.96. The summed E-state index contributed by atoms with van der Waals surface area (Å²) in [6, 6.07) is 1.44. The molecule has 0 spiro atoms. The molecule has 0 amide bonds. The molecule has 0 aromatic carbocycles. The van der Waals surface area contributed by atoms with E-state index in [0.717, 1.165) is 31.0 Å². The quantitative estimate of drug-likeness (QED) is 0.845. The van der Waals surface area contributed by atoms with Crippen LogP contribution >= 0.6 is 0 Å². The van der Waals surface area contributed by atoms with Gasteiger partial charge in [0.2, 0.25) is 0 Å². The van der Waals surface area contributed by atoms with Gasteiger partial charge in [0.25, 0.3) is 0 Å². The lowest BCUT2D eigenvalue weighted by Crippen LogP contribution is -2.60. The Morgan fingerprint density at radius 1 is 1.21 bits per heavy atom. The number of hydrogen-bond donors (Lipinski definition) is 1. The van der Waals surface area contributed by atoms with Crippen molar-refractivity contribution in [2.75, 3.05) is 26.2 Å². The molecule has 1 aliphatic carbocycles. The van der Waals surface area contributed by atoms with Crippen molar-refractivity contribution in [3.8, 4) is 0 Å². The first-order valence-corrected chi connectivity index (χ1v) is 8.33. The average Bonchev–Trinajstić information content (AvgIpc) is 3.24. The van der Waals surface area contributed by atoms with Crippen molar-refractivity contribution in [2.24, 2.45) is 11.8 Å². The Kier molecular flexibility index (Phi) is 4.45. The molecule has 2 heterocycles. The summed E-state index contributed by atoms with van der Waals surface area (Å²) in [7, 11) is 0. The SMILES string of the molecule is CC(C)C1CNC(C2CC2)CN1CC1CCCCO1. The molecule has 110 valence electrons. The molecule has 2 saturated heterocycles. The molecule has 19 heavy (non-hydrogen) atoms. The summed E-state index contributed by atoms with van der Waals surface area (Å²) in [5.41, 5.74) is 0. The molecule has 3 rings (SSSR count). The van der Waals surface area contributed by atoms with Crippen LogP contribution in [0, 0.1) is 11.8 Å². The van der Waals surface area contributed by atoms with Gasteiger partial charge in [-0.15, -0.1) is 0 Å². The molecule has 0 aromatic rings. The summed E-state index contributed by atoms with van der Waals surface area (Å²) in [6.07, 6.45) is 7.26. The summed E-state index contributed by atoms with van der Waals surface area (Å²) in [6.45, 7) is 9.28. The fourth-order valence-corrected chi connectivity index (χ4v) is 3.75. The second kappa shape index (κ2) is 6.11. The van der Waals surface area contributed by atoms with E-state index in [1.165, 1.54) is 45.2 Å².